The molecule has 2 aromatic carbocycles. The van der Waals surface area contributed by atoms with E-state index in [-0.39, 0.29) is 24.4 Å². The van der Waals surface area contributed by atoms with Gasteiger partial charge in [-0.2, -0.15) is 0 Å². The van der Waals surface area contributed by atoms with Crippen molar-refractivity contribution < 1.29 is 14.3 Å². The molecule has 0 heterocycles. The lowest BCUT2D eigenvalue weighted by Gasteiger charge is -2.23. The minimum Gasteiger partial charge on any atom is -0.491 e. The normalized spacial score (nSPS) is 14.1. The average Bonchev–Trinajstić information content (AvgIpc) is 2.78. The Morgan fingerprint density at radius 2 is 1.84 bits per heavy atom. The van der Waals surface area contributed by atoms with E-state index in [1.54, 1.807) is 18.2 Å². The summed E-state index contributed by atoms with van der Waals surface area (Å²) in [5, 5.41) is 9.38. The number of halogens is 1. The highest BCUT2D eigenvalue weighted by molar-refractivity contribution is 6.34. The molecule has 0 unspecified atom stereocenters. The predicted octanol–water partition coefficient (Wildman–Crippen LogP) is 5.49. The third-order valence-electron chi connectivity index (χ3n) is 5.33. The Balaban J connectivity index is 1.57. The molecule has 1 fully saturated rings. The van der Waals surface area contributed by atoms with Crippen LogP contribution in [0.3, 0.4) is 0 Å². The van der Waals surface area contributed by atoms with Crippen molar-refractivity contribution in [2.24, 2.45) is 5.92 Å². The van der Waals surface area contributed by atoms with E-state index >= 15 is 0 Å². The summed E-state index contributed by atoms with van der Waals surface area (Å²) in [4.78, 5) is 25.2. The number of amides is 2. The number of carbonyl (C=O) groups is 2. The van der Waals surface area contributed by atoms with Crippen molar-refractivity contribution >= 4 is 34.8 Å². The molecule has 172 valence electrons. The molecule has 2 amide bonds. The van der Waals surface area contributed by atoms with E-state index in [4.69, 9.17) is 16.3 Å². The van der Waals surface area contributed by atoms with E-state index in [0.29, 0.717) is 34.5 Å². The third-order valence-corrected chi connectivity index (χ3v) is 5.66. The molecule has 0 bridgehead atoms. The molecule has 3 rings (SSSR count). The van der Waals surface area contributed by atoms with Crippen molar-refractivity contribution in [2.75, 3.05) is 23.8 Å². The second-order valence-corrected chi connectivity index (χ2v) is 9.01. The van der Waals surface area contributed by atoms with Crippen molar-refractivity contribution in [1.29, 1.82) is 0 Å². The second kappa shape index (κ2) is 11.8. The summed E-state index contributed by atoms with van der Waals surface area (Å²) in [7, 11) is 0. The standard InChI is InChI=1S/C25H32ClN3O3/c1-17(2)16-32-23-11-7-6-10-22(23)27-15-24(30)28-19-12-13-21(26)20(14-19)25(31)29-18-8-4-3-5-9-18/h6-7,10-14,17-18,27H,3-5,8-9,15-16H2,1-2H3,(H,28,30)(H,29,31). The molecule has 0 spiro atoms. The molecule has 0 saturated heterocycles. The minimum atomic E-state index is -0.232. The predicted molar refractivity (Wildman–Crippen MR) is 130 cm³/mol. The fourth-order valence-electron chi connectivity index (χ4n) is 3.66. The smallest absolute Gasteiger partial charge is 0.253 e. The number of benzene rings is 2. The van der Waals surface area contributed by atoms with Gasteiger partial charge >= 0.3 is 0 Å². The van der Waals surface area contributed by atoms with Crippen LogP contribution in [0.25, 0.3) is 0 Å². The molecule has 6 nitrogen and oxygen atoms in total. The maximum absolute atomic E-state index is 12.7. The summed E-state index contributed by atoms with van der Waals surface area (Å²) in [5.74, 6) is 0.680. The molecule has 32 heavy (non-hydrogen) atoms. The maximum Gasteiger partial charge on any atom is 0.253 e. The van der Waals surface area contributed by atoms with Crippen LogP contribution in [0, 0.1) is 5.92 Å². The van der Waals surface area contributed by atoms with Gasteiger partial charge in [-0.15, -0.1) is 0 Å². The summed E-state index contributed by atoms with van der Waals surface area (Å²) in [6.45, 7) is 4.83. The number of hydrogen-bond acceptors (Lipinski definition) is 4. The van der Waals surface area contributed by atoms with Gasteiger partial charge in [0, 0.05) is 11.7 Å². The van der Waals surface area contributed by atoms with E-state index in [0.717, 1.165) is 31.4 Å². The Labute approximate surface area is 195 Å². The second-order valence-electron chi connectivity index (χ2n) is 8.61. The van der Waals surface area contributed by atoms with Crippen LogP contribution in [-0.4, -0.2) is 31.0 Å². The quantitative estimate of drug-likeness (QED) is 0.465. The number of ether oxygens (including phenoxy) is 1. The summed E-state index contributed by atoms with van der Waals surface area (Å²) in [5.41, 5.74) is 1.65. The first kappa shape index (κ1) is 23.9. The van der Waals surface area contributed by atoms with E-state index in [2.05, 4.69) is 29.8 Å². The van der Waals surface area contributed by atoms with Crippen molar-refractivity contribution in [3.8, 4) is 5.75 Å². The molecule has 0 aliphatic heterocycles. The fraction of sp³-hybridized carbons (Fsp3) is 0.440. The number of carbonyl (C=O) groups excluding carboxylic acids is 2. The molecular formula is C25H32ClN3O3. The molecule has 0 aromatic heterocycles. The van der Waals surface area contributed by atoms with Crippen LogP contribution in [0.2, 0.25) is 5.02 Å². The van der Waals surface area contributed by atoms with Crippen LogP contribution < -0.4 is 20.7 Å². The number of hydrogen-bond donors (Lipinski definition) is 3. The van der Waals surface area contributed by atoms with Crippen molar-refractivity contribution in [2.45, 2.75) is 52.0 Å². The first-order valence-corrected chi connectivity index (χ1v) is 11.7. The largest absolute Gasteiger partial charge is 0.491 e. The highest BCUT2D eigenvalue weighted by Gasteiger charge is 2.19. The molecule has 0 atom stereocenters. The molecular weight excluding hydrogens is 426 g/mol. The Hall–Kier alpha value is -2.73. The van der Waals surface area contributed by atoms with E-state index in [1.807, 2.05) is 24.3 Å². The number of para-hydroxylation sites is 2. The zero-order valence-electron chi connectivity index (χ0n) is 18.7. The first-order chi connectivity index (χ1) is 15.4. The maximum atomic E-state index is 12.7. The van der Waals surface area contributed by atoms with Crippen LogP contribution >= 0.6 is 11.6 Å². The highest BCUT2D eigenvalue weighted by Crippen LogP contribution is 2.25. The Bertz CT molecular complexity index is 926. The topological polar surface area (TPSA) is 79.5 Å². The lowest BCUT2D eigenvalue weighted by atomic mass is 9.95. The summed E-state index contributed by atoms with van der Waals surface area (Å²) in [6, 6.07) is 12.7. The van der Waals surface area contributed by atoms with Gasteiger partial charge in [0.25, 0.3) is 5.91 Å². The number of anilines is 2. The Kier molecular flexibility index (Phi) is 8.80. The van der Waals surface area contributed by atoms with Crippen molar-refractivity contribution in [3.05, 3.63) is 53.1 Å². The monoisotopic (exact) mass is 457 g/mol. The molecule has 1 aliphatic rings. The van der Waals surface area contributed by atoms with Gasteiger partial charge in [-0.25, -0.2) is 0 Å². The van der Waals surface area contributed by atoms with Gasteiger partial charge in [0.15, 0.2) is 0 Å². The van der Waals surface area contributed by atoms with Gasteiger partial charge in [0.2, 0.25) is 5.91 Å². The Morgan fingerprint density at radius 1 is 1.09 bits per heavy atom. The lowest BCUT2D eigenvalue weighted by molar-refractivity contribution is -0.114. The van der Waals surface area contributed by atoms with Crippen LogP contribution in [-0.2, 0) is 4.79 Å². The molecule has 2 aromatic rings. The van der Waals surface area contributed by atoms with Gasteiger partial charge in [0.1, 0.15) is 5.75 Å². The molecule has 1 aliphatic carbocycles. The van der Waals surface area contributed by atoms with E-state index in [9.17, 15) is 9.59 Å². The zero-order chi connectivity index (χ0) is 22.9. The fourth-order valence-corrected chi connectivity index (χ4v) is 3.87. The molecule has 1 saturated carbocycles. The lowest BCUT2D eigenvalue weighted by Crippen LogP contribution is -2.36. The molecule has 0 radical (unpaired) electrons. The van der Waals surface area contributed by atoms with Gasteiger partial charge in [-0.1, -0.05) is 56.8 Å². The summed E-state index contributed by atoms with van der Waals surface area (Å²) < 4.78 is 5.81. The Morgan fingerprint density at radius 3 is 2.59 bits per heavy atom. The minimum absolute atomic E-state index is 0.0638. The van der Waals surface area contributed by atoms with Crippen LogP contribution in [0.5, 0.6) is 5.75 Å². The van der Waals surface area contributed by atoms with Gasteiger partial charge < -0.3 is 20.7 Å². The summed E-state index contributed by atoms with van der Waals surface area (Å²) in [6.07, 6.45) is 5.47. The zero-order valence-corrected chi connectivity index (χ0v) is 19.5. The van der Waals surface area contributed by atoms with Gasteiger partial charge in [-0.05, 0) is 49.1 Å². The van der Waals surface area contributed by atoms with E-state index in [1.165, 1.54) is 6.42 Å². The van der Waals surface area contributed by atoms with Crippen molar-refractivity contribution in [3.63, 3.8) is 0 Å². The van der Waals surface area contributed by atoms with Crippen LogP contribution in [0.4, 0.5) is 11.4 Å². The van der Waals surface area contributed by atoms with Gasteiger partial charge in [0.05, 0.1) is 29.4 Å². The SMILES string of the molecule is CC(C)COc1ccccc1NCC(=O)Nc1ccc(Cl)c(C(=O)NC2CCCCC2)c1. The highest BCUT2D eigenvalue weighted by atomic mass is 35.5. The van der Waals surface area contributed by atoms with Crippen LogP contribution in [0.15, 0.2) is 42.5 Å². The molecule has 3 N–H and O–H groups in total. The van der Waals surface area contributed by atoms with Crippen LogP contribution in [0.1, 0.15) is 56.3 Å². The van der Waals surface area contributed by atoms with Crippen molar-refractivity contribution in [1.82, 2.24) is 5.32 Å². The van der Waals surface area contributed by atoms with Gasteiger partial charge in [-0.3, -0.25) is 9.59 Å². The number of rotatable bonds is 9. The first-order valence-electron chi connectivity index (χ1n) is 11.3. The molecule has 7 heteroatoms. The third kappa shape index (κ3) is 7.16. The van der Waals surface area contributed by atoms with E-state index < -0.39 is 0 Å². The summed E-state index contributed by atoms with van der Waals surface area (Å²) >= 11 is 6.26. The number of nitrogens with one attached hydrogen (secondary N) is 3. The average molecular weight is 458 g/mol.